The second-order valence-electron chi connectivity index (χ2n) is 6.00. The highest BCUT2D eigenvalue weighted by Crippen LogP contribution is 2.39. The topological polar surface area (TPSA) is 72.2 Å². The number of benzene rings is 1. The molecule has 3 N–H and O–H groups in total. The molecule has 1 atom stereocenters. The quantitative estimate of drug-likeness (QED) is 0.817. The molecule has 4 nitrogen and oxygen atoms in total. The van der Waals surface area contributed by atoms with Crippen molar-refractivity contribution in [3.8, 4) is 0 Å². The number of thiophene rings is 1. The first-order chi connectivity index (χ1) is 11.4. The number of fused-ring (bicyclic) bond motifs is 1. The lowest BCUT2D eigenvalue weighted by Gasteiger charge is -2.18. The molecule has 0 bridgehead atoms. The summed E-state index contributed by atoms with van der Waals surface area (Å²) in [5.41, 5.74) is 7.35. The average Bonchev–Trinajstić information content (AvgIpc) is 2.86. The second kappa shape index (κ2) is 6.75. The SMILES string of the molecule is C[C@@H]1CCc2c(sc(NC(=O)c3ccc(Cl)c(Cl)c3)c2C(N)=O)C1. The minimum atomic E-state index is -0.508. The van der Waals surface area contributed by atoms with Gasteiger partial charge in [-0.05, 0) is 48.9 Å². The van der Waals surface area contributed by atoms with Crippen LogP contribution in [0.3, 0.4) is 0 Å². The van der Waals surface area contributed by atoms with Crippen LogP contribution in [-0.4, -0.2) is 11.8 Å². The van der Waals surface area contributed by atoms with Crippen LogP contribution < -0.4 is 11.1 Å². The molecule has 1 aliphatic rings. The van der Waals surface area contributed by atoms with E-state index in [1.807, 2.05) is 0 Å². The second-order valence-corrected chi connectivity index (χ2v) is 7.92. The minimum absolute atomic E-state index is 0.304. The Morgan fingerprint density at radius 3 is 2.71 bits per heavy atom. The van der Waals surface area contributed by atoms with Gasteiger partial charge in [0.1, 0.15) is 5.00 Å². The molecule has 1 aromatic carbocycles. The molecule has 0 unspecified atom stereocenters. The van der Waals surface area contributed by atoms with Crippen molar-refractivity contribution in [1.82, 2.24) is 0 Å². The molecule has 2 aromatic rings. The molecular formula is C17H16Cl2N2O2S. The summed E-state index contributed by atoms with van der Waals surface area (Å²) in [5.74, 6) is -0.287. The van der Waals surface area contributed by atoms with Crippen molar-refractivity contribution in [3.05, 3.63) is 49.8 Å². The van der Waals surface area contributed by atoms with E-state index in [4.69, 9.17) is 28.9 Å². The zero-order chi connectivity index (χ0) is 17.4. The number of carbonyl (C=O) groups is 2. The standard InChI is InChI=1S/C17H16Cl2N2O2S/c1-8-2-4-10-13(6-8)24-17(14(10)15(20)22)21-16(23)9-3-5-11(18)12(19)7-9/h3,5,7-8H,2,4,6H2,1H3,(H2,20,22)(H,21,23)/t8-/m1/s1. The van der Waals surface area contributed by atoms with Crippen molar-refractivity contribution in [1.29, 1.82) is 0 Å². The zero-order valence-corrected chi connectivity index (χ0v) is 15.3. The molecule has 0 radical (unpaired) electrons. The monoisotopic (exact) mass is 382 g/mol. The number of primary amides is 1. The van der Waals surface area contributed by atoms with Gasteiger partial charge in [-0.2, -0.15) is 0 Å². The molecule has 1 aromatic heterocycles. The maximum absolute atomic E-state index is 12.5. The van der Waals surface area contributed by atoms with Crippen molar-refractivity contribution < 1.29 is 9.59 Å². The van der Waals surface area contributed by atoms with Gasteiger partial charge in [-0.3, -0.25) is 9.59 Å². The zero-order valence-electron chi connectivity index (χ0n) is 13.0. The van der Waals surface area contributed by atoms with Crippen LogP contribution >= 0.6 is 34.5 Å². The summed E-state index contributed by atoms with van der Waals surface area (Å²) in [4.78, 5) is 25.5. The van der Waals surface area contributed by atoms with Crippen molar-refractivity contribution in [2.24, 2.45) is 11.7 Å². The lowest BCUT2D eigenvalue weighted by Crippen LogP contribution is -2.19. The minimum Gasteiger partial charge on any atom is -0.365 e. The number of rotatable bonds is 3. The fourth-order valence-electron chi connectivity index (χ4n) is 2.91. The third kappa shape index (κ3) is 3.29. The molecule has 1 aliphatic carbocycles. The van der Waals surface area contributed by atoms with Gasteiger partial charge in [-0.1, -0.05) is 30.1 Å². The van der Waals surface area contributed by atoms with Crippen molar-refractivity contribution in [3.63, 3.8) is 0 Å². The third-order valence-corrected chi connectivity index (χ3v) is 6.08. The highest BCUT2D eigenvalue weighted by Gasteiger charge is 2.27. The molecule has 2 amide bonds. The van der Waals surface area contributed by atoms with Gasteiger partial charge in [-0.15, -0.1) is 11.3 Å². The van der Waals surface area contributed by atoms with E-state index in [2.05, 4.69) is 12.2 Å². The van der Waals surface area contributed by atoms with Crippen LogP contribution in [0.1, 0.15) is 44.5 Å². The fraction of sp³-hybridized carbons (Fsp3) is 0.294. The van der Waals surface area contributed by atoms with E-state index in [0.717, 1.165) is 29.7 Å². The average molecular weight is 383 g/mol. The van der Waals surface area contributed by atoms with E-state index in [-0.39, 0.29) is 5.91 Å². The molecule has 0 fully saturated rings. The predicted octanol–water partition coefficient (Wildman–Crippen LogP) is 4.53. The molecule has 0 aliphatic heterocycles. The van der Waals surface area contributed by atoms with Gasteiger partial charge >= 0.3 is 0 Å². The Balaban J connectivity index is 1.93. The van der Waals surface area contributed by atoms with Gasteiger partial charge in [0.15, 0.2) is 0 Å². The van der Waals surface area contributed by atoms with Gasteiger partial charge in [0.05, 0.1) is 15.6 Å². The lowest BCUT2D eigenvalue weighted by molar-refractivity contribution is 0.1000. The van der Waals surface area contributed by atoms with Crippen LogP contribution in [0.5, 0.6) is 0 Å². The number of hydrogen-bond donors (Lipinski definition) is 2. The Hall–Kier alpha value is -1.56. The van der Waals surface area contributed by atoms with Crippen LogP contribution in [-0.2, 0) is 12.8 Å². The fourth-order valence-corrected chi connectivity index (χ4v) is 4.62. The number of anilines is 1. The van der Waals surface area contributed by atoms with Gasteiger partial charge in [0, 0.05) is 10.4 Å². The Kier molecular flexibility index (Phi) is 4.85. The van der Waals surface area contributed by atoms with Crippen LogP contribution in [0.25, 0.3) is 0 Å². The lowest BCUT2D eigenvalue weighted by atomic mass is 9.88. The summed E-state index contributed by atoms with van der Waals surface area (Å²) in [5, 5.41) is 4.00. The highest BCUT2D eigenvalue weighted by molar-refractivity contribution is 7.17. The van der Waals surface area contributed by atoms with Crippen LogP contribution in [0, 0.1) is 5.92 Å². The van der Waals surface area contributed by atoms with E-state index >= 15 is 0 Å². The molecule has 24 heavy (non-hydrogen) atoms. The number of hydrogen-bond acceptors (Lipinski definition) is 3. The first-order valence-corrected chi connectivity index (χ1v) is 9.14. The number of nitrogens with one attached hydrogen (secondary N) is 1. The molecule has 0 saturated heterocycles. The first kappa shape index (κ1) is 17.3. The van der Waals surface area contributed by atoms with Gasteiger partial charge in [-0.25, -0.2) is 0 Å². The smallest absolute Gasteiger partial charge is 0.256 e. The molecular weight excluding hydrogens is 367 g/mol. The molecule has 3 rings (SSSR count). The number of amides is 2. The maximum atomic E-state index is 12.5. The molecule has 0 spiro atoms. The maximum Gasteiger partial charge on any atom is 0.256 e. The summed E-state index contributed by atoms with van der Waals surface area (Å²) >= 11 is 13.3. The molecule has 0 saturated carbocycles. The van der Waals surface area contributed by atoms with Crippen LogP contribution in [0.4, 0.5) is 5.00 Å². The van der Waals surface area contributed by atoms with E-state index in [1.165, 1.54) is 17.4 Å². The van der Waals surface area contributed by atoms with Gasteiger partial charge < -0.3 is 11.1 Å². The van der Waals surface area contributed by atoms with Gasteiger partial charge in [0.2, 0.25) is 0 Å². The third-order valence-electron chi connectivity index (χ3n) is 4.17. The highest BCUT2D eigenvalue weighted by atomic mass is 35.5. The Labute approximate surface area is 153 Å². The molecule has 7 heteroatoms. The van der Waals surface area contributed by atoms with Crippen LogP contribution in [0.15, 0.2) is 18.2 Å². The summed E-state index contributed by atoms with van der Waals surface area (Å²) < 4.78 is 0. The first-order valence-electron chi connectivity index (χ1n) is 7.57. The van der Waals surface area contributed by atoms with E-state index in [1.54, 1.807) is 12.1 Å². The van der Waals surface area contributed by atoms with E-state index < -0.39 is 5.91 Å². The Morgan fingerprint density at radius 1 is 1.29 bits per heavy atom. The number of carbonyl (C=O) groups excluding carboxylic acids is 2. The van der Waals surface area contributed by atoms with E-state index in [9.17, 15) is 9.59 Å². The number of nitrogens with two attached hydrogens (primary N) is 1. The Morgan fingerprint density at radius 2 is 2.04 bits per heavy atom. The van der Waals surface area contributed by atoms with Gasteiger partial charge in [0.25, 0.3) is 11.8 Å². The summed E-state index contributed by atoms with van der Waals surface area (Å²) in [6.07, 6.45) is 2.74. The van der Waals surface area contributed by atoms with Crippen molar-refractivity contribution >= 4 is 51.4 Å². The summed E-state index contributed by atoms with van der Waals surface area (Å²) in [7, 11) is 0. The van der Waals surface area contributed by atoms with Crippen LogP contribution in [0.2, 0.25) is 10.0 Å². The Bertz CT molecular complexity index is 832. The predicted molar refractivity (Wildman–Crippen MR) is 98.4 cm³/mol. The van der Waals surface area contributed by atoms with E-state index in [0.29, 0.717) is 32.1 Å². The molecule has 1 heterocycles. The number of halogens is 2. The normalized spacial score (nSPS) is 16.5. The largest absolute Gasteiger partial charge is 0.365 e. The van der Waals surface area contributed by atoms with Crippen molar-refractivity contribution in [2.45, 2.75) is 26.2 Å². The van der Waals surface area contributed by atoms with Crippen molar-refractivity contribution in [2.75, 3.05) is 5.32 Å². The molecule has 126 valence electrons. The summed E-state index contributed by atoms with van der Waals surface area (Å²) in [6.45, 7) is 2.18. The summed E-state index contributed by atoms with van der Waals surface area (Å²) in [6, 6.07) is 4.65.